The first-order valence-electron chi connectivity index (χ1n) is 9.83. The van der Waals surface area contributed by atoms with Crippen molar-refractivity contribution in [2.75, 3.05) is 18.0 Å². The topological polar surface area (TPSA) is 94.4 Å². The molecule has 3 aromatic carbocycles. The van der Waals surface area contributed by atoms with Crippen molar-refractivity contribution in [3.05, 3.63) is 94.0 Å². The van der Waals surface area contributed by atoms with E-state index in [0.29, 0.717) is 17.0 Å². The van der Waals surface area contributed by atoms with Crippen molar-refractivity contribution in [1.82, 2.24) is 5.43 Å². The molecule has 8 heteroatoms. The number of carbonyl (C=O) groups is 2. The van der Waals surface area contributed by atoms with Crippen LogP contribution in [0.2, 0.25) is 0 Å². The Morgan fingerprint density at radius 2 is 1.88 bits per heavy atom. The molecule has 1 aliphatic heterocycles. The highest BCUT2D eigenvalue weighted by molar-refractivity contribution is 9.10. The number of amides is 2. The first-order chi connectivity index (χ1) is 15.5. The van der Waals surface area contributed by atoms with Crippen LogP contribution < -0.4 is 10.3 Å². The van der Waals surface area contributed by atoms with Gasteiger partial charge in [0.05, 0.1) is 17.6 Å². The summed E-state index contributed by atoms with van der Waals surface area (Å²) < 4.78 is 0.839. The Kier molecular flexibility index (Phi) is 6.42. The molecule has 0 bridgehead atoms. The first-order valence-corrected chi connectivity index (χ1v) is 10.6. The minimum Gasteiger partial charge on any atom is -0.507 e. The molecule has 3 aromatic rings. The van der Waals surface area contributed by atoms with E-state index in [2.05, 4.69) is 31.4 Å². The Hall–Kier alpha value is -3.78. The summed E-state index contributed by atoms with van der Waals surface area (Å²) >= 11 is 3.49. The van der Waals surface area contributed by atoms with E-state index in [1.54, 1.807) is 24.3 Å². The van der Waals surface area contributed by atoms with Crippen molar-refractivity contribution in [3.63, 3.8) is 0 Å². The van der Waals surface area contributed by atoms with Gasteiger partial charge in [-0.2, -0.15) is 5.10 Å². The van der Waals surface area contributed by atoms with Gasteiger partial charge in [0.15, 0.2) is 0 Å². The summed E-state index contributed by atoms with van der Waals surface area (Å²) in [6.45, 7) is -0.297. The van der Waals surface area contributed by atoms with Crippen LogP contribution in [0.25, 0.3) is 0 Å². The molecule has 2 amide bonds. The van der Waals surface area contributed by atoms with Crippen molar-refractivity contribution < 1.29 is 14.7 Å². The monoisotopic (exact) mass is 490 g/mol. The van der Waals surface area contributed by atoms with Gasteiger partial charge >= 0.3 is 0 Å². The molecule has 2 N–H and O–H groups in total. The first kappa shape index (κ1) is 21.5. The largest absolute Gasteiger partial charge is 0.507 e. The summed E-state index contributed by atoms with van der Waals surface area (Å²) in [4.78, 5) is 31.4. The summed E-state index contributed by atoms with van der Waals surface area (Å²) in [5.41, 5.74) is 5.80. The minimum absolute atomic E-state index is 0.0540. The average Bonchev–Trinajstić information content (AvgIpc) is 2.92. The van der Waals surface area contributed by atoms with Crippen LogP contribution >= 0.6 is 15.9 Å². The van der Waals surface area contributed by atoms with Gasteiger partial charge < -0.3 is 10.0 Å². The number of phenolic OH excluding ortho intramolecular Hbond substituents is 1. The Balaban J connectivity index is 1.58. The maximum absolute atomic E-state index is 12.9. The number of aliphatic imine (C=N–C) groups is 1. The molecule has 0 saturated carbocycles. The maximum Gasteiger partial charge on any atom is 0.260 e. The molecule has 0 unspecified atom stereocenters. The van der Waals surface area contributed by atoms with Crippen molar-refractivity contribution >= 4 is 45.4 Å². The number of nitrogens with one attached hydrogen (secondary N) is 1. The number of hydrogen-bond donors (Lipinski definition) is 2. The number of benzene rings is 3. The molecule has 7 nitrogen and oxygen atoms in total. The van der Waals surface area contributed by atoms with Gasteiger partial charge in [-0.1, -0.05) is 58.4 Å². The van der Waals surface area contributed by atoms with Gasteiger partial charge in [0.2, 0.25) is 5.91 Å². The van der Waals surface area contributed by atoms with Crippen LogP contribution in [0.5, 0.6) is 5.75 Å². The SMILES string of the molecule is O=C(CN1C(=O)CN=C(c2ccccc2)c2cc(Br)ccc21)N/N=C/c1ccccc1O. The molecule has 0 spiro atoms. The molecule has 0 radical (unpaired) electrons. The smallest absolute Gasteiger partial charge is 0.260 e. The highest BCUT2D eigenvalue weighted by atomic mass is 79.9. The van der Waals surface area contributed by atoms with Crippen LogP contribution in [0.3, 0.4) is 0 Å². The quantitative estimate of drug-likeness (QED) is 0.423. The standard InChI is InChI=1S/C24H19BrN4O3/c25-18-10-11-20-19(12-18)24(16-6-2-1-3-7-16)26-14-23(32)29(20)15-22(31)28-27-13-17-8-4-5-9-21(17)30/h1-13,30H,14-15H2,(H,28,31)/b27-13+. The number of hydrogen-bond acceptors (Lipinski definition) is 5. The predicted octanol–water partition coefficient (Wildman–Crippen LogP) is 3.49. The fraction of sp³-hybridized carbons (Fsp3) is 0.0833. The molecular formula is C24H19BrN4O3. The Morgan fingerprint density at radius 1 is 1.12 bits per heavy atom. The zero-order valence-corrected chi connectivity index (χ0v) is 18.5. The zero-order chi connectivity index (χ0) is 22.5. The second-order valence-electron chi connectivity index (χ2n) is 7.02. The number of rotatable bonds is 5. The zero-order valence-electron chi connectivity index (χ0n) is 16.9. The van der Waals surface area contributed by atoms with Crippen LogP contribution in [0.15, 0.2) is 87.4 Å². The molecule has 160 valence electrons. The van der Waals surface area contributed by atoms with Gasteiger partial charge in [0.1, 0.15) is 18.8 Å². The summed E-state index contributed by atoms with van der Waals surface area (Å²) in [7, 11) is 0. The fourth-order valence-electron chi connectivity index (χ4n) is 3.35. The number of hydrazone groups is 1. The fourth-order valence-corrected chi connectivity index (χ4v) is 3.71. The van der Waals surface area contributed by atoms with Gasteiger partial charge in [-0.05, 0) is 30.3 Å². The number of fused-ring (bicyclic) bond motifs is 1. The van der Waals surface area contributed by atoms with Gasteiger partial charge in [0, 0.05) is 21.2 Å². The van der Waals surface area contributed by atoms with Gasteiger partial charge in [0.25, 0.3) is 5.91 Å². The van der Waals surface area contributed by atoms with Crippen molar-refractivity contribution in [1.29, 1.82) is 0 Å². The molecule has 0 atom stereocenters. The van der Waals surface area contributed by atoms with Crippen LogP contribution in [-0.4, -0.2) is 41.9 Å². The van der Waals surface area contributed by atoms with E-state index in [4.69, 9.17) is 0 Å². The second-order valence-corrected chi connectivity index (χ2v) is 7.94. The average molecular weight is 491 g/mol. The highest BCUT2D eigenvalue weighted by Crippen LogP contribution is 2.29. The molecule has 0 aromatic heterocycles. The van der Waals surface area contributed by atoms with Crippen molar-refractivity contribution in [3.8, 4) is 5.75 Å². The third-order valence-corrected chi connectivity index (χ3v) is 5.35. The molecule has 0 fully saturated rings. The van der Waals surface area contributed by atoms with Crippen LogP contribution in [0.1, 0.15) is 16.7 Å². The molecular weight excluding hydrogens is 472 g/mol. The lowest BCUT2D eigenvalue weighted by Gasteiger charge is -2.22. The van der Waals surface area contributed by atoms with E-state index in [0.717, 1.165) is 15.6 Å². The highest BCUT2D eigenvalue weighted by Gasteiger charge is 2.27. The van der Waals surface area contributed by atoms with E-state index in [-0.39, 0.29) is 24.7 Å². The van der Waals surface area contributed by atoms with Crippen LogP contribution in [0.4, 0.5) is 5.69 Å². The Bertz CT molecular complexity index is 1220. The van der Waals surface area contributed by atoms with Gasteiger partial charge in [-0.25, -0.2) is 5.43 Å². The molecule has 4 rings (SSSR count). The number of carbonyl (C=O) groups excluding carboxylic acids is 2. The molecule has 0 aliphatic carbocycles. The van der Waals surface area contributed by atoms with E-state index >= 15 is 0 Å². The maximum atomic E-state index is 12.9. The normalized spacial score (nSPS) is 13.5. The molecule has 1 aliphatic rings. The number of benzodiazepines with no additional fused rings is 1. The van der Waals surface area contributed by atoms with Gasteiger partial charge in [-0.3, -0.25) is 14.6 Å². The second kappa shape index (κ2) is 9.57. The number of para-hydroxylation sites is 1. The minimum atomic E-state index is -0.470. The lowest BCUT2D eigenvalue weighted by Crippen LogP contribution is -2.40. The molecule has 0 saturated heterocycles. The summed E-state index contributed by atoms with van der Waals surface area (Å²) in [5.74, 6) is -0.709. The summed E-state index contributed by atoms with van der Waals surface area (Å²) in [6, 6.07) is 21.7. The number of nitrogens with zero attached hydrogens (tertiary/aromatic N) is 3. The van der Waals surface area contributed by atoms with Crippen LogP contribution in [-0.2, 0) is 9.59 Å². The number of halogens is 1. The Morgan fingerprint density at radius 3 is 2.66 bits per heavy atom. The van der Waals surface area contributed by atoms with Crippen LogP contribution in [0, 0.1) is 0 Å². The number of phenols is 1. The third-order valence-electron chi connectivity index (χ3n) is 4.86. The van der Waals surface area contributed by atoms with E-state index in [1.165, 1.54) is 17.2 Å². The van der Waals surface area contributed by atoms with Crippen molar-refractivity contribution in [2.45, 2.75) is 0 Å². The van der Waals surface area contributed by atoms with Gasteiger partial charge in [-0.15, -0.1) is 0 Å². The molecule has 32 heavy (non-hydrogen) atoms. The lowest BCUT2D eigenvalue weighted by molar-refractivity contribution is -0.123. The summed E-state index contributed by atoms with van der Waals surface area (Å²) in [6.07, 6.45) is 1.35. The number of aromatic hydroxyl groups is 1. The third kappa shape index (κ3) is 4.76. The van der Waals surface area contributed by atoms with E-state index in [9.17, 15) is 14.7 Å². The van der Waals surface area contributed by atoms with E-state index < -0.39 is 5.91 Å². The molecule has 1 heterocycles. The Labute approximate surface area is 193 Å². The lowest BCUT2D eigenvalue weighted by atomic mass is 10.0. The summed E-state index contributed by atoms with van der Waals surface area (Å²) in [5, 5.41) is 13.7. The predicted molar refractivity (Wildman–Crippen MR) is 127 cm³/mol. The number of anilines is 1. The van der Waals surface area contributed by atoms with E-state index in [1.807, 2.05) is 42.5 Å². The van der Waals surface area contributed by atoms with Crippen molar-refractivity contribution in [2.24, 2.45) is 10.1 Å².